The van der Waals surface area contributed by atoms with E-state index in [-0.39, 0.29) is 29.9 Å². The fourth-order valence-corrected chi connectivity index (χ4v) is 1.81. The van der Waals surface area contributed by atoms with Crippen molar-refractivity contribution in [3.8, 4) is 0 Å². The number of nitrogens with one attached hydrogen (secondary N) is 3. The van der Waals surface area contributed by atoms with Gasteiger partial charge in [0.1, 0.15) is 0 Å². The lowest BCUT2D eigenvalue weighted by Gasteiger charge is -2.11. The molecule has 0 atom stereocenters. The van der Waals surface area contributed by atoms with Crippen LogP contribution in [0.25, 0.3) is 0 Å². The molecule has 0 aliphatic carbocycles. The standard InChI is InChI=1S/C16H26N4O.HI/c1-4-6-15(21)20-14-9-7-13(8-10-14)12-19-16(17-3)18-11-5-2;/h7-10H,4-6,11-12H2,1-3H3,(H,20,21)(H2,17,18,19);1H. The highest BCUT2D eigenvalue weighted by Crippen LogP contribution is 2.10. The summed E-state index contributed by atoms with van der Waals surface area (Å²) in [5.41, 5.74) is 1.98. The van der Waals surface area contributed by atoms with Gasteiger partial charge in [-0.15, -0.1) is 24.0 Å². The first-order valence-electron chi connectivity index (χ1n) is 7.52. The summed E-state index contributed by atoms with van der Waals surface area (Å²) in [5.74, 6) is 0.865. The Morgan fingerprint density at radius 1 is 1.09 bits per heavy atom. The van der Waals surface area contributed by atoms with E-state index in [4.69, 9.17) is 0 Å². The molecule has 0 aliphatic rings. The van der Waals surface area contributed by atoms with Gasteiger partial charge in [0.05, 0.1) is 0 Å². The van der Waals surface area contributed by atoms with Crippen molar-refractivity contribution in [3.63, 3.8) is 0 Å². The molecule has 0 bridgehead atoms. The maximum Gasteiger partial charge on any atom is 0.224 e. The van der Waals surface area contributed by atoms with Gasteiger partial charge in [-0.05, 0) is 30.5 Å². The lowest BCUT2D eigenvalue weighted by atomic mass is 10.2. The van der Waals surface area contributed by atoms with Gasteiger partial charge in [0, 0.05) is 32.2 Å². The monoisotopic (exact) mass is 418 g/mol. The average molecular weight is 418 g/mol. The van der Waals surface area contributed by atoms with Crippen molar-refractivity contribution in [2.75, 3.05) is 18.9 Å². The Hall–Kier alpha value is -1.31. The number of guanidine groups is 1. The van der Waals surface area contributed by atoms with Gasteiger partial charge in [-0.1, -0.05) is 26.0 Å². The third kappa shape index (κ3) is 8.21. The third-order valence-corrected chi connectivity index (χ3v) is 2.94. The van der Waals surface area contributed by atoms with E-state index in [2.05, 4.69) is 27.9 Å². The highest BCUT2D eigenvalue weighted by Gasteiger charge is 2.01. The van der Waals surface area contributed by atoms with Crippen LogP contribution in [0.5, 0.6) is 0 Å². The van der Waals surface area contributed by atoms with E-state index in [1.54, 1.807) is 7.05 Å². The van der Waals surface area contributed by atoms with Gasteiger partial charge < -0.3 is 16.0 Å². The molecule has 124 valence electrons. The van der Waals surface area contributed by atoms with Crippen LogP contribution in [0, 0.1) is 0 Å². The summed E-state index contributed by atoms with van der Waals surface area (Å²) in [6.07, 6.45) is 2.48. The van der Waals surface area contributed by atoms with Crippen molar-refractivity contribution in [2.24, 2.45) is 4.99 Å². The molecule has 0 unspecified atom stereocenters. The predicted octanol–water partition coefficient (Wildman–Crippen LogP) is 3.12. The summed E-state index contributed by atoms with van der Waals surface area (Å²) in [4.78, 5) is 15.7. The highest BCUT2D eigenvalue weighted by atomic mass is 127. The van der Waals surface area contributed by atoms with E-state index in [0.29, 0.717) is 13.0 Å². The molecule has 6 heteroatoms. The van der Waals surface area contributed by atoms with Gasteiger partial charge in [-0.3, -0.25) is 9.79 Å². The van der Waals surface area contributed by atoms with Crippen molar-refractivity contribution >= 4 is 41.5 Å². The minimum atomic E-state index is 0. The maximum atomic E-state index is 11.5. The van der Waals surface area contributed by atoms with E-state index < -0.39 is 0 Å². The smallest absolute Gasteiger partial charge is 0.224 e. The lowest BCUT2D eigenvalue weighted by Crippen LogP contribution is -2.37. The Morgan fingerprint density at radius 2 is 1.77 bits per heavy atom. The number of hydrogen-bond acceptors (Lipinski definition) is 2. The SMILES string of the molecule is CCCNC(=NC)NCc1ccc(NC(=O)CCC)cc1.I. The largest absolute Gasteiger partial charge is 0.356 e. The summed E-state index contributed by atoms with van der Waals surface area (Å²) in [6.45, 7) is 5.72. The van der Waals surface area contributed by atoms with Crippen LogP contribution in [0.4, 0.5) is 5.69 Å². The molecule has 0 spiro atoms. The van der Waals surface area contributed by atoms with Crippen LogP contribution < -0.4 is 16.0 Å². The molecule has 0 saturated carbocycles. The molecule has 0 radical (unpaired) electrons. The zero-order valence-corrected chi connectivity index (χ0v) is 15.9. The maximum absolute atomic E-state index is 11.5. The van der Waals surface area contributed by atoms with Gasteiger partial charge in [0.15, 0.2) is 5.96 Å². The first-order valence-corrected chi connectivity index (χ1v) is 7.52. The van der Waals surface area contributed by atoms with Crippen LogP contribution in [0.1, 0.15) is 38.7 Å². The molecule has 0 aromatic heterocycles. The molecule has 1 rings (SSSR count). The molecule has 0 heterocycles. The minimum Gasteiger partial charge on any atom is -0.356 e. The number of anilines is 1. The van der Waals surface area contributed by atoms with Gasteiger partial charge >= 0.3 is 0 Å². The summed E-state index contributed by atoms with van der Waals surface area (Å²) in [6, 6.07) is 7.85. The van der Waals surface area contributed by atoms with E-state index in [0.717, 1.165) is 36.6 Å². The summed E-state index contributed by atoms with van der Waals surface area (Å²) >= 11 is 0. The number of carbonyl (C=O) groups is 1. The van der Waals surface area contributed by atoms with Crippen LogP contribution in [0.15, 0.2) is 29.3 Å². The summed E-state index contributed by atoms with van der Waals surface area (Å²) < 4.78 is 0. The van der Waals surface area contributed by atoms with Crippen molar-refractivity contribution in [3.05, 3.63) is 29.8 Å². The molecule has 22 heavy (non-hydrogen) atoms. The van der Waals surface area contributed by atoms with E-state index in [9.17, 15) is 4.79 Å². The number of halogens is 1. The van der Waals surface area contributed by atoms with Crippen LogP contribution in [-0.2, 0) is 11.3 Å². The number of amides is 1. The number of benzene rings is 1. The zero-order valence-electron chi connectivity index (χ0n) is 13.6. The second kappa shape index (κ2) is 12.3. The minimum absolute atomic E-state index is 0. The van der Waals surface area contributed by atoms with E-state index >= 15 is 0 Å². The highest BCUT2D eigenvalue weighted by molar-refractivity contribution is 14.0. The van der Waals surface area contributed by atoms with E-state index in [1.807, 2.05) is 31.2 Å². The topological polar surface area (TPSA) is 65.5 Å². The van der Waals surface area contributed by atoms with Gasteiger partial charge in [0.25, 0.3) is 0 Å². The normalized spacial score (nSPS) is 10.6. The second-order valence-electron chi connectivity index (χ2n) is 4.85. The molecule has 0 aliphatic heterocycles. The lowest BCUT2D eigenvalue weighted by molar-refractivity contribution is -0.116. The van der Waals surface area contributed by atoms with Crippen molar-refractivity contribution in [1.82, 2.24) is 10.6 Å². The third-order valence-electron chi connectivity index (χ3n) is 2.94. The van der Waals surface area contributed by atoms with Crippen LogP contribution in [0.2, 0.25) is 0 Å². The number of rotatable bonds is 7. The van der Waals surface area contributed by atoms with Gasteiger partial charge in [-0.2, -0.15) is 0 Å². The van der Waals surface area contributed by atoms with Crippen LogP contribution in [-0.4, -0.2) is 25.5 Å². The predicted molar refractivity (Wildman–Crippen MR) is 104 cm³/mol. The Kier molecular flexibility index (Phi) is 11.5. The Bertz CT molecular complexity index is 460. The Balaban J connectivity index is 0.00000441. The fraction of sp³-hybridized carbons (Fsp3) is 0.500. The number of carbonyl (C=O) groups excluding carboxylic acids is 1. The molecule has 3 N–H and O–H groups in total. The summed E-state index contributed by atoms with van der Waals surface area (Å²) in [5, 5.41) is 9.35. The quantitative estimate of drug-likeness (QED) is 0.362. The second-order valence-corrected chi connectivity index (χ2v) is 4.85. The molecule has 1 aromatic rings. The number of hydrogen-bond donors (Lipinski definition) is 3. The first kappa shape index (κ1) is 20.7. The fourth-order valence-electron chi connectivity index (χ4n) is 1.81. The molecule has 0 saturated heterocycles. The van der Waals surface area contributed by atoms with E-state index in [1.165, 1.54) is 0 Å². The molecule has 1 amide bonds. The Labute approximate surface area is 150 Å². The molecule has 0 fully saturated rings. The Morgan fingerprint density at radius 3 is 2.32 bits per heavy atom. The van der Waals surface area contributed by atoms with Crippen molar-refractivity contribution in [1.29, 1.82) is 0 Å². The van der Waals surface area contributed by atoms with Gasteiger partial charge in [0.2, 0.25) is 5.91 Å². The zero-order chi connectivity index (χ0) is 15.5. The van der Waals surface area contributed by atoms with Gasteiger partial charge in [-0.25, -0.2) is 0 Å². The van der Waals surface area contributed by atoms with Crippen molar-refractivity contribution in [2.45, 2.75) is 39.7 Å². The number of aliphatic imine (C=N–C) groups is 1. The van der Waals surface area contributed by atoms with Crippen LogP contribution in [0.3, 0.4) is 0 Å². The molecular formula is C16H27IN4O. The summed E-state index contributed by atoms with van der Waals surface area (Å²) in [7, 11) is 1.76. The molecular weight excluding hydrogens is 391 g/mol. The molecule has 1 aromatic carbocycles. The van der Waals surface area contributed by atoms with Crippen LogP contribution >= 0.6 is 24.0 Å². The van der Waals surface area contributed by atoms with Crippen molar-refractivity contribution < 1.29 is 4.79 Å². The number of nitrogens with zero attached hydrogens (tertiary/aromatic N) is 1. The first-order chi connectivity index (χ1) is 10.2. The average Bonchev–Trinajstić information content (AvgIpc) is 2.49. The molecule has 5 nitrogen and oxygen atoms in total.